The number of carboxylic acid groups (broad SMARTS) is 1. The number of carboxylic acids is 1. The summed E-state index contributed by atoms with van der Waals surface area (Å²) in [6.45, 7) is 15.0. The number of carbonyl (C=O) groups excluding carboxylic acids is 5. The van der Waals surface area contributed by atoms with E-state index in [0.717, 1.165) is 167 Å². The summed E-state index contributed by atoms with van der Waals surface area (Å²) >= 11 is 0. The number of nitrogens with one attached hydrogen (secondary N) is 1. The Hall–Kier alpha value is -9.36. The highest BCUT2D eigenvalue weighted by molar-refractivity contribution is 6.00. The van der Waals surface area contributed by atoms with Crippen molar-refractivity contribution in [3.05, 3.63) is 215 Å². The number of para-hydroxylation sites is 6. The molecule has 2 N–H and O–H groups in total. The summed E-state index contributed by atoms with van der Waals surface area (Å²) in [4.78, 5) is 86.3. The van der Waals surface area contributed by atoms with Gasteiger partial charge in [-0.05, 0) is 185 Å². The maximum absolute atomic E-state index is 13.0. The van der Waals surface area contributed by atoms with Crippen LogP contribution < -0.4 is 34.2 Å². The molecule has 6 aliphatic heterocycles. The largest absolute Gasteiger partial charge is 0.482 e. The van der Waals surface area contributed by atoms with E-state index in [1.54, 1.807) is 12.1 Å². The van der Waals surface area contributed by atoms with Gasteiger partial charge in [-0.25, -0.2) is 9.59 Å². The highest BCUT2D eigenvalue weighted by atomic mass is 16.5. The van der Waals surface area contributed by atoms with Crippen molar-refractivity contribution in [3.63, 3.8) is 0 Å². The Morgan fingerprint density at radius 3 is 1.17 bits per heavy atom. The van der Waals surface area contributed by atoms with Crippen molar-refractivity contribution in [2.75, 3.05) is 127 Å². The molecule has 3 saturated heterocycles. The number of rotatable bonds is 19. The molecule has 3 fully saturated rings. The van der Waals surface area contributed by atoms with Crippen LogP contribution in [0.3, 0.4) is 0 Å². The molecule has 0 aromatic heterocycles. The fourth-order valence-corrected chi connectivity index (χ4v) is 13.8. The van der Waals surface area contributed by atoms with Gasteiger partial charge in [0.1, 0.15) is 17.2 Å². The molecular weight excluding hydrogens is 1210 g/mol. The van der Waals surface area contributed by atoms with Gasteiger partial charge in [0.25, 0.3) is 23.6 Å². The van der Waals surface area contributed by atoms with Gasteiger partial charge < -0.3 is 58.8 Å². The molecule has 0 aliphatic carbocycles. The molecule has 0 unspecified atom stereocenters. The first kappa shape index (κ1) is 69.5. The van der Waals surface area contributed by atoms with Gasteiger partial charge in [0.15, 0.2) is 19.8 Å². The average Bonchev–Trinajstić information content (AvgIpc) is 1.18. The second kappa shape index (κ2) is 34.9. The number of nitrogens with zero attached hydrogens (tertiary/aromatic N) is 6. The van der Waals surface area contributed by atoms with Gasteiger partial charge in [0.05, 0.1) is 35.3 Å². The number of amides is 4. The van der Waals surface area contributed by atoms with E-state index in [1.165, 1.54) is 12.7 Å². The predicted octanol–water partition coefficient (Wildman–Crippen LogP) is 11.7. The number of likely N-dealkylation sites (tertiary alicyclic amines) is 3. The number of fused-ring (bicyclic) bond motifs is 3. The average molecular weight is 1300 g/mol. The number of esters is 1. The fraction of sp³-hybridized carbons (Fsp3) is 0.385. The maximum Gasteiger partial charge on any atom is 0.338 e. The van der Waals surface area contributed by atoms with E-state index in [9.17, 15) is 33.9 Å². The third kappa shape index (κ3) is 17.9. The van der Waals surface area contributed by atoms with Crippen molar-refractivity contribution in [1.82, 2.24) is 20.0 Å². The predicted molar refractivity (Wildman–Crippen MR) is 374 cm³/mol. The van der Waals surface area contributed by atoms with Crippen LogP contribution in [-0.4, -0.2) is 167 Å². The zero-order valence-corrected chi connectivity index (χ0v) is 55.7. The number of anilines is 3. The van der Waals surface area contributed by atoms with E-state index in [-0.39, 0.29) is 55.3 Å². The van der Waals surface area contributed by atoms with Gasteiger partial charge in [-0.2, -0.15) is 0 Å². The Morgan fingerprint density at radius 2 is 0.771 bits per heavy atom. The summed E-state index contributed by atoms with van der Waals surface area (Å²) in [5.41, 5.74) is 8.90. The summed E-state index contributed by atoms with van der Waals surface area (Å²) in [5.74, 6) is 2.19. The van der Waals surface area contributed by atoms with Crippen LogP contribution in [0, 0.1) is 0 Å². The lowest BCUT2D eigenvalue weighted by atomic mass is 9.86. The van der Waals surface area contributed by atoms with Crippen LogP contribution in [-0.2, 0) is 25.5 Å². The molecule has 504 valence electrons. The number of piperidine rings is 3. The molecular formula is C78H91N7O11. The highest BCUT2D eigenvalue weighted by Gasteiger charge is 2.32. The number of aryl methyl sites for hydroxylation is 1. The van der Waals surface area contributed by atoms with Crippen LogP contribution in [0.4, 0.5) is 17.1 Å². The smallest absolute Gasteiger partial charge is 0.338 e. The molecule has 0 atom stereocenters. The summed E-state index contributed by atoms with van der Waals surface area (Å²) in [7, 11) is 1.42. The lowest BCUT2D eigenvalue weighted by Crippen LogP contribution is -2.45. The first-order valence-corrected chi connectivity index (χ1v) is 34.1. The molecule has 0 bridgehead atoms. The van der Waals surface area contributed by atoms with Gasteiger partial charge >= 0.3 is 11.9 Å². The van der Waals surface area contributed by atoms with Crippen molar-refractivity contribution in [1.29, 1.82) is 0 Å². The number of methoxy groups -OCH3 is 1. The zero-order chi connectivity index (χ0) is 67.2. The minimum atomic E-state index is -0.859. The van der Waals surface area contributed by atoms with Crippen molar-refractivity contribution >= 4 is 52.6 Å². The number of aromatic carboxylic acids is 1. The van der Waals surface area contributed by atoms with Crippen LogP contribution in [0.25, 0.3) is 0 Å². The van der Waals surface area contributed by atoms with E-state index < -0.39 is 5.97 Å². The minimum Gasteiger partial charge on any atom is -0.482 e. The maximum atomic E-state index is 13.0. The lowest BCUT2D eigenvalue weighted by molar-refractivity contribution is -0.122. The number of hydrogen-bond donors (Lipinski definition) is 2. The Labute approximate surface area is 564 Å². The quantitative estimate of drug-likeness (QED) is 0.0574. The van der Waals surface area contributed by atoms with Crippen molar-refractivity contribution < 1.29 is 52.8 Å². The molecule has 6 aliphatic rings. The summed E-state index contributed by atoms with van der Waals surface area (Å²) in [5, 5.41) is 12.6. The summed E-state index contributed by atoms with van der Waals surface area (Å²) in [6, 6.07) is 56.5. The number of carbonyl (C=O) groups is 6. The number of benzene rings is 7. The van der Waals surface area contributed by atoms with Crippen molar-refractivity contribution in [3.8, 4) is 17.2 Å². The van der Waals surface area contributed by atoms with Gasteiger partial charge in [-0.1, -0.05) is 135 Å². The molecule has 18 heteroatoms. The minimum absolute atomic E-state index is 0.00518. The topological polar surface area (TPSA) is 191 Å². The third-order valence-corrected chi connectivity index (χ3v) is 19.0. The van der Waals surface area contributed by atoms with Crippen molar-refractivity contribution in [2.45, 2.75) is 83.0 Å². The van der Waals surface area contributed by atoms with E-state index in [0.29, 0.717) is 49.1 Å². The summed E-state index contributed by atoms with van der Waals surface area (Å²) in [6.07, 6.45) is 7.73. The van der Waals surface area contributed by atoms with Gasteiger partial charge in [-0.15, -0.1) is 0 Å². The Balaban J connectivity index is 0.000000156. The standard InChI is InChI=1S/C31H35N3O3.C23H26N2O4.C22H24N2O4.C2H6/c35-30-23-37-29-15-7-6-14-28(29)34(30)22-21-33-19-16-25(17-20-33)26-12-4-5-13-27(26)31(36)32-18-8-11-24-9-2-1-3-10-24;1-28-23(27)19-7-3-2-6-18(19)17-10-12-24(13-11-17)14-15-25-20-8-4-5-9-21(20)29-16-22(25)26;25-21-15-28-20-8-4-3-7-19(20)24(21)14-13-23-11-9-16(10-12-23)17-5-1-2-6-18(17)22(26)27;1-2/h1-7,9-10,12-15,25H,8,11,16-23H2,(H,32,36);2-9,17H,10-16H2,1H3;1-8,16H,9-15H2,(H,26,27);1-2H3. The lowest BCUT2D eigenvalue weighted by Gasteiger charge is -2.35. The molecule has 7 aromatic rings. The molecule has 0 radical (unpaired) electrons. The Kier molecular flexibility index (Phi) is 25.2. The van der Waals surface area contributed by atoms with E-state index >= 15 is 0 Å². The summed E-state index contributed by atoms with van der Waals surface area (Å²) < 4.78 is 21.5. The first-order chi connectivity index (χ1) is 47.0. The van der Waals surface area contributed by atoms with Gasteiger partial charge in [-0.3, -0.25) is 19.2 Å². The second-order valence-corrected chi connectivity index (χ2v) is 24.7. The second-order valence-electron chi connectivity index (χ2n) is 24.7. The third-order valence-electron chi connectivity index (χ3n) is 19.0. The van der Waals surface area contributed by atoms with Gasteiger partial charge in [0.2, 0.25) is 0 Å². The molecule has 13 rings (SSSR count). The number of hydrogen-bond acceptors (Lipinski definition) is 13. The fourth-order valence-electron chi connectivity index (χ4n) is 13.8. The number of ether oxygens (including phenoxy) is 4. The normalized spacial score (nSPS) is 16.8. The monoisotopic (exact) mass is 1300 g/mol. The molecule has 4 amide bonds. The van der Waals surface area contributed by atoms with Crippen LogP contribution in [0.5, 0.6) is 17.2 Å². The Bertz CT molecular complexity index is 3730. The van der Waals surface area contributed by atoms with Crippen LogP contribution in [0.1, 0.15) is 130 Å². The SMILES string of the molecule is CC.COC(=O)c1ccccc1C1CCN(CCN2C(=O)COc3ccccc32)CC1.O=C(NCCCc1ccccc1)c1ccccc1C1CCN(CCN2C(=O)COc3ccccc32)CC1.O=C(O)c1ccccc1C1CCN(CCN2C(=O)COc3ccccc32)CC1. The van der Waals surface area contributed by atoms with Crippen LogP contribution in [0.2, 0.25) is 0 Å². The van der Waals surface area contributed by atoms with E-state index in [4.69, 9.17) is 18.9 Å². The molecule has 96 heavy (non-hydrogen) atoms. The van der Waals surface area contributed by atoms with Crippen molar-refractivity contribution in [2.24, 2.45) is 0 Å². The molecule has 18 nitrogen and oxygen atoms in total. The highest BCUT2D eigenvalue weighted by Crippen LogP contribution is 2.37. The Morgan fingerprint density at radius 1 is 0.438 bits per heavy atom. The molecule has 0 spiro atoms. The van der Waals surface area contributed by atoms with Gasteiger partial charge in [0, 0.05) is 51.4 Å². The van der Waals surface area contributed by atoms with E-state index in [1.807, 2.05) is 162 Å². The molecule has 0 saturated carbocycles. The van der Waals surface area contributed by atoms with E-state index in [2.05, 4.69) is 50.3 Å². The molecule has 7 aromatic carbocycles. The van der Waals surface area contributed by atoms with Crippen LogP contribution in [0.15, 0.2) is 176 Å². The van der Waals surface area contributed by atoms with Crippen LogP contribution >= 0.6 is 0 Å². The first-order valence-electron chi connectivity index (χ1n) is 34.1. The zero-order valence-electron chi connectivity index (χ0n) is 55.7. The molecule has 6 heterocycles.